The molecule has 2 heterocycles. The van der Waals surface area contributed by atoms with Crippen molar-refractivity contribution in [2.24, 2.45) is 0 Å². The molecule has 0 bridgehead atoms. The summed E-state index contributed by atoms with van der Waals surface area (Å²) >= 11 is 0. The molecule has 4 nitrogen and oxygen atoms in total. The molecule has 2 aliphatic heterocycles. The molecule has 0 amide bonds. The Bertz CT molecular complexity index is 561. The van der Waals surface area contributed by atoms with Gasteiger partial charge in [-0.3, -0.25) is 14.7 Å². The molecule has 0 aliphatic carbocycles. The summed E-state index contributed by atoms with van der Waals surface area (Å²) in [6.07, 6.45) is 2.72. The molecule has 0 radical (unpaired) electrons. The van der Waals surface area contributed by atoms with Crippen LogP contribution in [0, 0.1) is 11.3 Å². The van der Waals surface area contributed by atoms with Gasteiger partial charge in [0.15, 0.2) is 0 Å². The van der Waals surface area contributed by atoms with E-state index in [9.17, 15) is 0 Å². The number of nitrogens with zero attached hydrogens (tertiary/aromatic N) is 4. The summed E-state index contributed by atoms with van der Waals surface area (Å²) in [5.74, 6) is 0. The molecule has 0 spiro atoms. The third-order valence-electron chi connectivity index (χ3n) is 5.74. The zero-order chi connectivity index (χ0) is 16.9. The Morgan fingerprint density at radius 2 is 1.67 bits per heavy atom. The molecule has 0 N–H and O–H groups in total. The van der Waals surface area contributed by atoms with Gasteiger partial charge in [-0.25, -0.2) is 0 Å². The number of benzene rings is 1. The SMILES string of the molecule is C[C@@H]1CC[C@H](C)N1CCN1CCN(Cc2cccc(C#N)c2)CC1. The molecule has 1 aromatic rings. The maximum absolute atomic E-state index is 9.01. The predicted octanol–water partition coefficient (Wildman–Crippen LogP) is 2.55. The first-order valence-corrected chi connectivity index (χ1v) is 9.35. The summed E-state index contributed by atoms with van der Waals surface area (Å²) in [6, 6.07) is 11.8. The van der Waals surface area contributed by atoms with Gasteiger partial charge in [-0.2, -0.15) is 5.26 Å². The summed E-state index contributed by atoms with van der Waals surface area (Å²) in [5.41, 5.74) is 2.02. The predicted molar refractivity (Wildman–Crippen MR) is 97.7 cm³/mol. The lowest BCUT2D eigenvalue weighted by atomic mass is 10.1. The zero-order valence-corrected chi connectivity index (χ0v) is 15.1. The van der Waals surface area contributed by atoms with Gasteiger partial charge in [-0.1, -0.05) is 12.1 Å². The van der Waals surface area contributed by atoms with Crippen LogP contribution in [-0.2, 0) is 6.54 Å². The fraction of sp³-hybridized carbons (Fsp3) is 0.650. The van der Waals surface area contributed by atoms with Gasteiger partial charge in [0.05, 0.1) is 11.6 Å². The first-order valence-electron chi connectivity index (χ1n) is 9.35. The van der Waals surface area contributed by atoms with Crippen molar-refractivity contribution in [3.63, 3.8) is 0 Å². The van der Waals surface area contributed by atoms with Gasteiger partial charge in [0.1, 0.15) is 0 Å². The standard InChI is InChI=1S/C20H30N4/c1-17-6-7-18(2)24(17)13-12-22-8-10-23(11-9-22)16-20-5-3-4-19(14-20)15-21/h3-5,14,17-18H,6-13,16H2,1-2H3/t17-,18+. The average molecular weight is 326 g/mol. The molecule has 0 unspecified atom stereocenters. The van der Waals surface area contributed by atoms with Crippen molar-refractivity contribution in [3.05, 3.63) is 35.4 Å². The molecule has 2 aliphatic rings. The van der Waals surface area contributed by atoms with Crippen LogP contribution < -0.4 is 0 Å². The molecule has 0 saturated carbocycles. The lowest BCUT2D eigenvalue weighted by Crippen LogP contribution is -2.48. The Kier molecular flexibility index (Phi) is 5.89. The maximum Gasteiger partial charge on any atom is 0.0991 e. The van der Waals surface area contributed by atoms with Gasteiger partial charge in [0.25, 0.3) is 0 Å². The van der Waals surface area contributed by atoms with Crippen molar-refractivity contribution in [2.45, 2.75) is 45.3 Å². The quantitative estimate of drug-likeness (QED) is 0.833. The Balaban J connectivity index is 1.42. The van der Waals surface area contributed by atoms with Crippen LogP contribution >= 0.6 is 0 Å². The summed E-state index contributed by atoms with van der Waals surface area (Å²) in [6.45, 7) is 12.7. The monoisotopic (exact) mass is 326 g/mol. The van der Waals surface area contributed by atoms with Gasteiger partial charge in [0, 0.05) is 57.9 Å². The minimum absolute atomic E-state index is 0.758. The Morgan fingerprint density at radius 3 is 2.33 bits per heavy atom. The van der Waals surface area contributed by atoms with E-state index in [1.807, 2.05) is 18.2 Å². The molecule has 2 saturated heterocycles. The van der Waals surface area contributed by atoms with E-state index in [1.165, 1.54) is 31.5 Å². The minimum atomic E-state index is 0.758. The molecule has 4 heteroatoms. The lowest BCUT2D eigenvalue weighted by Gasteiger charge is -2.36. The summed E-state index contributed by atoms with van der Waals surface area (Å²) in [5, 5.41) is 9.01. The second-order valence-corrected chi connectivity index (χ2v) is 7.44. The summed E-state index contributed by atoms with van der Waals surface area (Å²) in [4.78, 5) is 7.80. The number of piperazine rings is 1. The van der Waals surface area contributed by atoms with Crippen LogP contribution in [0.15, 0.2) is 24.3 Å². The van der Waals surface area contributed by atoms with Crippen molar-refractivity contribution >= 4 is 0 Å². The second-order valence-electron chi connectivity index (χ2n) is 7.44. The van der Waals surface area contributed by atoms with Gasteiger partial charge in [-0.15, -0.1) is 0 Å². The van der Waals surface area contributed by atoms with Crippen LogP contribution in [-0.4, -0.2) is 66.1 Å². The van der Waals surface area contributed by atoms with E-state index in [1.54, 1.807) is 0 Å². The number of hydrogen-bond acceptors (Lipinski definition) is 4. The highest BCUT2D eigenvalue weighted by molar-refractivity contribution is 5.32. The van der Waals surface area contributed by atoms with Crippen molar-refractivity contribution in [2.75, 3.05) is 39.3 Å². The molecule has 3 rings (SSSR count). The Hall–Kier alpha value is -1.41. The van der Waals surface area contributed by atoms with E-state index in [2.05, 4.69) is 40.7 Å². The van der Waals surface area contributed by atoms with Crippen molar-refractivity contribution in [1.82, 2.24) is 14.7 Å². The molecule has 1 aromatic carbocycles. The van der Waals surface area contributed by atoms with Gasteiger partial charge < -0.3 is 0 Å². The highest BCUT2D eigenvalue weighted by atomic mass is 15.3. The average Bonchev–Trinajstić information content (AvgIpc) is 2.93. The first-order chi connectivity index (χ1) is 11.7. The zero-order valence-electron chi connectivity index (χ0n) is 15.1. The molecule has 2 fully saturated rings. The highest BCUT2D eigenvalue weighted by Gasteiger charge is 2.27. The topological polar surface area (TPSA) is 33.5 Å². The van der Waals surface area contributed by atoms with Crippen molar-refractivity contribution in [3.8, 4) is 6.07 Å². The lowest BCUT2D eigenvalue weighted by molar-refractivity contribution is 0.106. The summed E-state index contributed by atoms with van der Waals surface area (Å²) in [7, 11) is 0. The smallest absolute Gasteiger partial charge is 0.0991 e. The van der Waals surface area contributed by atoms with Crippen LogP contribution in [0.2, 0.25) is 0 Å². The number of likely N-dealkylation sites (tertiary alicyclic amines) is 1. The molecule has 130 valence electrons. The Labute approximate surface area is 146 Å². The highest BCUT2D eigenvalue weighted by Crippen LogP contribution is 2.23. The molecular weight excluding hydrogens is 296 g/mol. The first kappa shape index (κ1) is 17.4. The fourth-order valence-electron chi connectivity index (χ4n) is 4.11. The van der Waals surface area contributed by atoms with E-state index in [-0.39, 0.29) is 0 Å². The number of hydrogen-bond donors (Lipinski definition) is 0. The molecule has 2 atom stereocenters. The molecule has 24 heavy (non-hydrogen) atoms. The minimum Gasteiger partial charge on any atom is -0.300 e. The third-order valence-corrected chi connectivity index (χ3v) is 5.74. The number of rotatable bonds is 5. The summed E-state index contributed by atoms with van der Waals surface area (Å²) < 4.78 is 0. The Morgan fingerprint density at radius 1 is 1.00 bits per heavy atom. The molecular formula is C20H30N4. The van der Waals surface area contributed by atoms with Crippen molar-refractivity contribution < 1.29 is 0 Å². The van der Waals surface area contributed by atoms with Crippen LogP contribution in [0.4, 0.5) is 0 Å². The van der Waals surface area contributed by atoms with Gasteiger partial charge in [-0.05, 0) is 44.4 Å². The van der Waals surface area contributed by atoms with E-state index in [4.69, 9.17) is 5.26 Å². The van der Waals surface area contributed by atoms with E-state index >= 15 is 0 Å². The second kappa shape index (κ2) is 8.11. The van der Waals surface area contributed by atoms with Gasteiger partial charge in [0.2, 0.25) is 0 Å². The fourth-order valence-corrected chi connectivity index (χ4v) is 4.11. The third kappa shape index (κ3) is 4.36. The van der Waals surface area contributed by atoms with Crippen LogP contribution in [0.25, 0.3) is 0 Å². The largest absolute Gasteiger partial charge is 0.300 e. The van der Waals surface area contributed by atoms with Crippen molar-refractivity contribution in [1.29, 1.82) is 5.26 Å². The maximum atomic E-state index is 9.01. The van der Waals surface area contributed by atoms with Gasteiger partial charge >= 0.3 is 0 Å². The molecule has 0 aromatic heterocycles. The van der Waals surface area contributed by atoms with E-state index < -0.39 is 0 Å². The van der Waals surface area contributed by atoms with Crippen LogP contribution in [0.1, 0.15) is 37.8 Å². The van der Waals surface area contributed by atoms with E-state index in [0.717, 1.165) is 50.4 Å². The normalized spacial score (nSPS) is 26.5. The van der Waals surface area contributed by atoms with Crippen LogP contribution in [0.5, 0.6) is 0 Å². The van der Waals surface area contributed by atoms with E-state index in [0.29, 0.717) is 0 Å². The number of nitriles is 1. The van der Waals surface area contributed by atoms with Crippen LogP contribution in [0.3, 0.4) is 0 Å².